The van der Waals surface area contributed by atoms with E-state index in [1.165, 1.54) is 0 Å². The zero-order valence-electron chi connectivity index (χ0n) is 11.2. The molecular weight excluding hydrogens is 266 g/mol. The maximum atomic E-state index is 11.8. The lowest BCUT2D eigenvalue weighted by Crippen LogP contribution is -2.22. The van der Waals surface area contributed by atoms with Crippen LogP contribution in [0.1, 0.15) is 10.4 Å². The highest BCUT2D eigenvalue weighted by atomic mass is 16.1. The minimum Gasteiger partial charge on any atom is -0.349 e. The maximum Gasteiger partial charge on any atom is 0.255 e. The third kappa shape index (κ3) is 2.51. The van der Waals surface area contributed by atoms with Crippen molar-refractivity contribution in [3.05, 3.63) is 60.9 Å². The summed E-state index contributed by atoms with van der Waals surface area (Å²) in [6.45, 7) is 4.01. The second kappa shape index (κ2) is 5.54. The first-order valence-electron chi connectivity index (χ1n) is 6.45. The van der Waals surface area contributed by atoms with Crippen molar-refractivity contribution in [3.8, 4) is 11.4 Å². The lowest BCUT2D eigenvalue weighted by molar-refractivity contribution is 0.0958. The molecular formula is C15H13N5O. The van der Waals surface area contributed by atoms with Crippen molar-refractivity contribution in [2.75, 3.05) is 6.54 Å². The molecule has 0 fully saturated rings. The number of nitrogens with zero attached hydrogens (tertiary/aromatic N) is 4. The number of fused-ring (bicyclic) bond motifs is 1. The Kier molecular flexibility index (Phi) is 3.42. The Balaban J connectivity index is 1.90. The van der Waals surface area contributed by atoms with Crippen LogP contribution in [0.4, 0.5) is 0 Å². The Morgan fingerprint density at radius 2 is 2.10 bits per heavy atom. The van der Waals surface area contributed by atoms with Gasteiger partial charge in [0.1, 0.15) is 0 Å². The van der Waals surface area contributed by atoms with E-state index < -0.39 is 0 Å². The third-order valence-electron chi connectivity index (χ3n) is 3.00. The SMILES string of the molecule is C=CCNC(=O)c1ccc(-c2nnc3ncccn23)cc1. The number of carbonyl (C=O) groups is 1. The molecule has 1 aromatic carbocycles. The number of benzene rings is 1. The molecule has 0 spiro atoms. The highest BCUT2D eigenvalue weighted by Crippen LogP contribution is 2.18. The fraction of sp³-hybridized carbons (Fsp3) is 0.0667. The van der Waals surface area contributed by atoms with Crippen molar-refractivity contribution in [2.45, 2.75) is 0 Å². The van der Waals surface area contributed by atoms with Gasteiger partial charge in [0.25, 0.3) is 11.7 Å². The van der Waals surface area contributed by atoms with Crippen molar-refractivity contribution in [1.29, 1.82) is 0 Å². The molecule has 0 bridgehead atoms. The van der Waals surface area contributed by atoms with E-state index in [9.17, 15) is 4.79 Å². The molecule has 6 nitrogen and oxygen atoms in total. The molecule has 0 saturated carbocycles. The summed E-state index contributed by atoms with van der Waals surface area (Å²) >= 11 is 0. The van der Waals surface area contributed by atoms with Crippen LogP contribution in [-0.4, -0.2) is 32.0 Å². The molecule has 104 valence electrons. The van der Waals surface area contributed by atoms with Gasteiger partial charge >= 0.3 is 0 Å². The second-order valence-corrected chi connectivity index (χ2v) is 4.39. The molecule has 6 heteroatoms. The topological polar surface area (TPSA) is 72.2 Å². The molecule has 21 heavy (non-hydrogen) atoms. The standard InChI is InChI=1S/C15H13N5O/c1-2-8-16-14(21)12-6-4-11(5-7-12)13-18-19-15-17-9-3-10-20(13)15/h2-7,9-10H,1,8H2,(H,16,21). The summed E-state index contributed by atoms with van der Waals surface area (Å²) in [6, 6.07) is 9.01. The number of hydrogen-bond acceptors (Lipinski definition) is 4. The zero-order chi connectivity index (χ0) is 14.7. The molecule has 0 aliphatic carbocycles. The molecule has 0 aliphatic rings. The smallest absolute Gasteiger partial charge is 0.255 e. The number of rotatable bonds is 4. The highest BCUT2D eigenvalue weighted by Gasteiger charge is 2.09. The molecule has 1 amide bonds. The molecule has 0 atom stereocenters. The average Bonchev–Trinajstić information content (AvgIpc) is 2.97. The van der Waals surface area contributed by atoms with Gasteiger partial charge in [0.05, 0.1) is 0 Å². The minimum absolute atomic E-state index is 0.130. The normalized spacial score (nSPS) is 10.5. The number of nitrogens with one attached hydrogen (secondary N) is 1. The van der Waals surface area contributed by atoms with E-state index in [2.05, 4.69) is 27.1 Å². The van der Waals surface area contributed by atoms with Gasteiger partial charge in [0, 0.05) is 30.1 Å². The predicted octanol–water partition coefficient (Wildman–Crippen LogP) is 1.71. The third-order valence-corrected chi connectivity index (χ3v) is 3.00. The van der Waals surface area contributed by atoms with Crippen molar-refractivity contribution in [2.24, 2.45) is 0 Å². The van der Waals surface area contributed by atoms with E-state index in [1.54, 1.807) is 28.8 Å². The van der Waals surface area contributed by atoms with Crippen molar-refractivity contribution >= 4 is 11.7 Å². The summed E-state index contributed by atoms with van der Waals surface area (Å²) in [4.78, 5) is 15.9. The van der Waals surface area contributed by atoms with Crippen molar-refractivity contribution < 1.29 is 4.79 Å². The number of hydrogen-bond donors (Lipinski definition) is 1. The summed E-state index contributed by atoms with van der Waals surface area (Å²) in [5, 5.41) is 10.9. The van der Waals surface area contributed by atoms with Gasteiger partial charge in [0.15, 0.2) is 5.82 Å². The Labute approximate surface area is 121 Å². The first kappa shape index (κ1) is 13.0. The van der Waals surface area contributed by atoms with Crippen molar-refractivity contribution in [1.82, 2.24) is 24.9 Å². The first-order valence-corrected chi connectivity index (χ1v) is 6.45. The van der Waals surface area contributed by atoms with Gasteiger partial charge in [0.2, 0.25) is 0 Å². The maximum absolute atomic E-state index is 11.8. The summed E-state index contributed by atoms with van der Waals surface area (Å²) < 4.78 is 1.80. The predicted molar refractivity (Wildman–Crippen MR) is 78.7 cm³/mol. The molecule has 0 aliphatic heterocycles. The lowest BCUT2D eigenvalue weighted by atomic mass is 10.1. The van der Waals surface area contributed by atoms with E-state index in [0.29, 0.717) is 23.7 Å². The van der Waals surface area contributed by atoms with Gasteiger partial charge in [-0.3, -0.25) is 9.20 Å². The van der Waals surface area contributed by atoms with Crippen LogP contribution < -0.4 is 5.32 Å². The fourth-order valence-electron chi connectivity index (χ4n) is 1.98. The molecule has 2 heterocycles. The van der Waals surface area contributed by atoms with Gasteiger partial charge in [-0.05, 0) is 18.2 Å². The van der Waals surface area contributed by atoms with E-state index in [-0.39, 0.29) is 5.91 Å². The van der Waals surface area contributed by atoms with Crippen LogP contribution in [0.15, 0.2) is 55.4 Å². The Bertz CT molecular complexity index is 791. The monoisotopic (exact) mass is 279 g/mol. The minimum atomic E-state index is -0.130. The van der Waals surface area contributed by atoms with Gasteiger partial charge < -0.3 is 5.32 Å². The summed E-state index contributed by atoms with van der Waals surface area (Å²) in [7, 11) is 0. The van der Waals surface area contributed by atoms with Crippen LogP contribution in [0.2, 0.25) is 0 Å². The fourth-order valence-corrected chi connectivity index (χ4v) is 1.98. The van der Waals surface area contributed by atoms with Crippen LogP contribution in [0.3, 0.4) is 0 Å². The summed E-state index contributed by atoms with van der Waals surface area (Å²) in [6.07, 6.45) is 5.16. The molecule has 0 unspecified atom stereocenters. The number of amides is 1. The van der Waals surface area contributed by atoms with E-state index >= 15 is 0 Å². The van der Waals surface area contributed by atoms with Gasteiger partial charge in [-0.15, -0.1) is 16.8 Å². The Morgan fingerprint density at radius 1 is 1.29 bits per heavy atom. The number of aromatic nitrogens is 4. The van der Waals surface area contributed by atoms with Gasteiger partial charge in [-0.25, -0.2) is 4.98 Å². The highest BCUT2D eigenvalue weighted by molar-refractivity contribution is 5.94. The number of carbonyl (C=O) groups excluding carboxylic acids is 1. The lowest BCUT2D eigenvalue weighted by Gasteiger charge is -2.03. The molecule has 0 saturated heterocycles. The van der Waals surface area contributed by atoms with Crippen LogP contribution in [0.25, 0.3) is 17.2 Å². The molecule has 0 radical (unpaired) electrons. The van der Waals surface area contributed by atoms with Crippen LogP contribution >= 0.6 is 0 Å². The van der Waals surface area contributed by atoms with Gasteiger partial charge in [-0.2, -0.15) is 0 Å². The van der Waals surface area contributed by atoms with Crippen LogP contribution in [0.5, 0.6) is 0 Å². The summed E-state index contributed by atoms with van der Waals surface area (Å²) in [5.41, 5.74) is 1.46. The largest absolute Gasteiger partial charge is 0.349 e. The van der Waals surface area contributed by atoms with Crippen LogP contribution in [-0.2, 0) is 0 Å². The summed E-state index contributed by atoms with van der Waals surface area (Å²) in [5.74, 6) is 1.10. The quantitative estimate of drug-likeness (QED) is 0.738. The molecule has 1 N–H and O–H groups in total. The van der Waals surface area contributed by atoms with E-state index in [4.69, 9.17) is 0 Å². The Morgan fingerprint density at radius 3 is 2.86 bits per heavy atom. The first-order chi connectivity index (χ1) is 10.3. The molecule has 2 aromatic heterocycles. The van der Waals surface area contributed by atoms with E-state index in [1.807, 2.05) is 24.4 Å². The Hall–Kier alpha value is -3.02. The molecule has 3 rings (SSSR count). The van der Waals surface area contributed by atoms with Crippen LogP contribution in [0, 0.1) is 0 Å². The van der Waals surface area contributed by atoms with Gasteiger partial charge in [-0.1, -0.05) is 18.2 Å². The average molecular weight is 279 g/mol. The molecule has 3 aromatic rings. The zero-order valence-corrected chi connectivity index (χ0v) is 11.2. The van der Waals surface area contributed by atoms with Crippen molar-refractivity contribution in [3.63, 3.8) is 0 Å². The van der Waals surface area contributed by atoms with E-state index in [0.717, 1.165) is 5.56 Å². The second-order valence-electron chi connectivity index (χ2n) is 4.39.